The molecule has 92 valence electrons. The molecule has 1 rings (SSSR count). The molecular weight excluding hydrogens is 222 g/mol. The Hall–Kier alpha value is -1.98. The number of nitrogens with zero attached hydrogens (tertiary/aromatic N) is 3. The van der Waals surface area contributed by atoms with Crippen LogP contribution in [0.1, 0.15) is 24.4 Å². The molecule has 0 fully saturated rings. The maximum atomic E-state index is 11.1. The van der Waals surface area contributed by atoms with E-state index in [1.54, 1.807) is 25.5 Å². The number of pyridine rings is 1. The van der Waals surface area contributed by atoms with Crippen molar-refractivity contribution in [1.29, 1.82) is 0 Å². The quantitative estimate of drug-likeness (QED) is 0.427. The summed E-state index contributed by atoms with van der Waals surface area (Å²) in [6, 6.07) is 3.36. The summed E-state index contributed by atoms with van der Waals surface area (Å²) >= 11 is 0. The van der Waals surface area contributed by atoms with E-state index < -0.39 is 0 Å². The van der Waals surface area contributed by atoms with Crippen molar-refractivity contribution in [3.05, 3.63) is 35.0 Å². The minimum Gasteiger partial charge on any atom is -0.469 e. The van der Waals surface area contributed by atoms with Crippen LogP contribution in [0.25, 0.3) is 0 Å². The molecule has 1 aromatic heterocycles. The maximum absolute atomic E-state index is 11.1. The summed E-state index contributed by atoms with van der Waals surface area (Å²) in [7, 11) is 2.91. The second-order valence-electron chi connectivity index (χ2n) is 3.57. The van der Waals surface area contributed by atoms with Gasteiger partial charge in [-0.1, -0.05) is 6.07 Å². The van der Waals surface area contributed by atoms with Crippen LogP contribution in [0.5, 0.6) is 0 Å². The summed E-state index contributed by atoms with van der Waals surface area (Å²) in [5.41, 5.74) is 0.846. The van der Waals surface area contributed by atoms with Crippen molar-refractivity contribution in [2.45, 2.75) is 18.9 Å². The number of carbonyl (C=O) groups is 1. The lowest BCUT2D eigenvalue weighted by Crippen LogP contribution is -2.20. The Kier molecular flexibility index (Phi) is 5.06. The monoisotopic (exact) mass is 237 g/mol. The molecule has 0 amide bonds. The van der Waals surface area contributed by atoms with Crippen LogP contribution in [0.3, 0.4) is 0 Å². The van der Waals surface area contributed by atoms with E-state index in [1.165, 1.54) is 12.1 Å². The molecule has 0 aliphatic heterocycles. The van der Waals surface area contributed by atoms with Crippen LogP contribution < -0.4 is 0 Å². The highest BCUT2D eigenvalue weighted by molar-refractivity contribution is 5.69. The second-order valence-corrected chi connectivity index (χ2v) is 3.57. The van der Waals surface area contributed by atoms with Gasteiger partial charge in [0.1, 0.15) is 0 Å². The third-order valence-electron chi connectivity index (χ3n) is 2.50. The van der Waals surface area contributed by atoms with Gasteiger partial charge in [0.2, 0.25) is 0 Å². The second kappa shape index (κ2) is 6.57. The molecule has 1 heterocycles. The summed E-state index contributed by atoms with van der Waals surface area (Å²) in [6.45, 7) is 0. The lowest BCUT2D eigenvalue weighted by molar-refractivity contribution is -0.141. The van der Waals surface area contributed by atoms with Gasteiger partial charge in [-0.25, -0.2) is 0 Å². The highest BCUT2D eigenvalue weighted by atomic mass is 16.5. The largest absolute Gasteiger partial charge is 0.469 e. The van der Waals surface area contributed by atoms with E-state index in [2.05, 4.69) is 15.0 Å². The molecule has 17 heavy (non-hydrogen) atoms. The molecule has 0 aromatic carbocycles. The van der Waals surface area contributed by atoms with Crippen molar-refractivity contribution in [3.8, 4) is 0 Å². The number of aromatic nitrogens is 1. The topological polar surface area (TPSA) is 71.9 Å². The minimum atomic E-state index is -0.307. The molecule has 0 aliphatic carbocycles. The van der Waals surface area contributed by atoms with Gasteiger partial charge >= 0.3 is 5.97 Å². The van der Waals surface area contributed by atoms with E-state index in [0.29, 0.717) is 6.42 Å². The summed E-state index contributed by atoms with van der Waals surface area (Å²) < 4.78 is 4.57. The molecule has 0 radical (unpaired) electrons. The normalized spacial score (nSPS) is 11.6. The predicted molar refractivity (Wildman–Crippen MR) is 61.8 cm³/mol. The Balaban J connectivity index is 2.74. The van der Waals surface area contributed by atoms with Crippen LogP contribution in [-0.4, -0.2) is 30.1 Å². The highest BCUT2D eigenvalue weighted by Crippen LogP contribution is 2.24. The zero-order valence-electron chi connectivity index (χ0n) is 9.87. The summed E-state index contributed by atoms with van der Waals surface area (Å²) in [5, 5.41) is 4.15. The Bertz CT molecular complexity index is 369. The molecule has 0 bridgehead atoms. The zero-order chi connectivity index (χ0) is 12.7. The molecule has 6 nitrogen and oxygen atoms in total. The van der Waals surface area contributed by atoms with Gasteiger partial charge in [0.05, 0.1) is 18.4 Å². The van der Waals surface area contributed by atoms with Gasteiger partial charge in [0.25, 0.3) is 0 Å². The van der Waals surface area contributed by atoms with Crippen LogP contribution in [0.2, 0.25) is 0 Å². The number of methoxy groups -OCH3 is 1. The molecule has 0 saturated carbocycles. The van der Waals surface area contributed by atoms with E-state index in [1.807, 2.05) is 6.07 Å². The fraction of sp³-hybridized carbons (Fsp3) is 0.455. The standard InChI is InChI=1S/C11H15N3O3/c1-14(13-16)10(5-6-11(15)17-2)9-4-3-7-12-8-9/h3-4,7-8,10H,5-6H2,1-2H3/t10-/m1/s1. The fourth-order valence-corrected chi connectivity index (χ4v) is 1.56. The molecule has 6 heteroatoms. The summed E-state index contributed by atoms with van der Waals surface area (Å²) in [5.74, 6) is -0.307. The number of carbonyl (C=O) groups excluding carboxylic acids is 1. The van der Waals surface area contributed by atoms with Gasteiger partial charge in [-0.3, -0.25) is 14.8 Å². The van der Waals surface area contributed by atoms with Gasteiger partial charge in [-0.05, 0) is 18.1 Å². The van der Waals surface area contributed by atoms with Crippen molar-refractivity contribution in [3.63, 3.8) is 0 Å². The van der Waals surface area contributed by atoms with Crippen molar-refractivity contribution < 1.29 is 9.53 Å². The zero-order valence-corrected chi connectivity index (χ0v) is 9.87. The van der Waals surface area contributed by atoms with Gasteiger partial charge in [0.15, 0.2) is 0 Å². The molecule has 0 spiro atoms. The fourth-order valence-electron chi connectivity index (χ4n) is 1.56. The highest BCUT2D eigenvalue weighted by Gasteiger charge is 2.18. The number of hydrogen-bond acceptors (Lipinski definition) is 5. The summed E-state index contributed by atoms with van der Waals surface area (Å²) in [4.78, 5) is 25.6. The van der Waals surface area contributed by atoms with Crippen LogP contribution in [0.4, 0.5) is 0 Å². The Morgan fingerprint density at radius 1 is 1.65 bits per heavy atom. The van der Waals surface area contributed by atoms with E-state index >= 15 is 0 Å². The number of ether oxygens (including phenoxy) is 1. The average Bonchev–Trinajstić information content (AvgIpc) is 2.39. The first-order valence-corrected chi connectivity index (χ1v) is 5.22. The van der Waals surface area contributed by atoms with E-state index in [9.17, 15) is 9.70 Å². The van der Waals surface area contributed by atoms with Gasteiger partial charge < -0.3 is 4.74 Å². The lowest BCUT2D eigenvalue weighted by atomic mass is 10.0. The molecule has 0 N–H and O–H groups in total. The summed E-state index contributed by atoms with van der Waals surface area (Å²) in [6.07, 6.45) is 4.00. The van der Waals surface area contributed by atoms with E-state index in [4.69, 9.17) is 0 Å². The first kappa shape index (κ1) is 13.1. The minimum absolute atomic E-state index is 0.232. The smallest absolute Gasteiger partial charge is 0.305 e. The Morgan fingerprint density at radius 2 is 2.41 bits per heavy atom. The average molecular weight is 237 g/mol. The number of hydrogen-bond donors (Lipinski definition) is 0. The van der Waals surface area contributed by atoms with Crippen LogP contribution >= 0.6 is 0 Å². The predicted octanol–water partition coefficient (Wildman–Crippen LogP) is 1.69. The van der Waals surface area contributed by atoms with E-state index in [-0.39, 0.29) is 18.4 Å². The molecule has 0 aliphatic rings. The molecule has 0 unspecified atom stereocenters. The third-order valence-corrected chi connectivity index (χ3v) is 2.50. The SMILES string of the molecule is COC(=O)CC[C@H](c1cccnc1)N(C)N=O. The van der Waals surface area contributed by atoms with Crippen molar-refractivity contribution in [2.75, 3.05) is 14.2 Å². The molecule has 1 atom stereocenters. The van der Waals surface area contributed by atoms with Gasteiger partial charge in [0, 0.05) is 25.9 Å². The van der Waals surface area contributed by atoms with E-state index in [0.717, 1.165) is 5.56 Å². The van der Waals surface area contributed by atoms with Gasteiger partial charge in [-0.15, -0.1) is 4.91 Å². The number of rotatable bonds is 6. The Labute approximate surface area is 99.5 Å². The van der Waals surface area contributed by atoms with Crippen LogP contribution in [-0.2, 0) is 9.53 Å². The van der Waals surface area contributed by atoms with Crippen molar-refractivity contribution in [2.24, 2.45) is 5.29 Å². The maximum Gasteiger partial charge on any atom is 0.305 e. The van der Waals surface area contributed by atoms with Crippen molar-refractivity contribution in [1.82, 2.24) is 9.99 Å². The van der Waals surface area contributed by atoms with Crippen molar-refractivity contribution >= 4 is 5.97 Å². The number of esters is 1. The first-order valence-electron chi connectivity index (χ1n) is 5.22. The molecular formula is C11H15N3O3. The van der Waals surface area contributed by atoms with Gasteiger partial charge in [-0.2, -0.15) is 0 Å². The lowest BCUT2D eigenvalue weighted by Gasteiger charge is -2.22. The third kappa shape index (κ3) is 3.82. The van der Waals surface area contributed by atoms with Crippen LogP contribution in [0, 0.1) is 4.91 Å². The molecule has 0 saturated heterocycles. The molecule has 1 aromatic rings. The Morgan fingerprint density at radius 3 is 2.94 bits per heavy atom. The van der Waals surface area contributed by atoms with Crippen LogP contribution in [0.15, 0.2) is 29.8 Å². The number of nitroso groups, excluding NO2 is 1. The first-order chi connectivity index (χ1) is 8.19.